The number of nitrogens with zero attached hydrogens (tertiary/aromatic N) is 1. The van der Waals surface area contributed by atoms with E-state index >= 15 is 0 Å². The van der Waals surface area contributed by atoms with E-state index in [-0.39, 0.29) is 11.4 Å². The molecule has 0 amide bonds. The van der Waals surface area contributed by atoms with Crippen LogP contribution in [0.15, 0.2) is 24.4 Å². The Morgan fingerprint density at radius 1 is 1.28 bits per heavy atom. The average molecular weight is 276 g/mol. The Balaban J connectivity index is 2.38. The minimum absolute atomic E-state index is 0.0443. The van der Waals surface area contributed by atoms with Crippen molar-refractivity contribution in [1.82, 2.24) is 4.98 Å². The van der Waals surface area contributed by atoms with Gasteiger partial charge in [0.15, 0.2) is 5.01 Å². The summed E-state index contributed by atoms with van der Waals surface area (Å²) in [6, 6.07) is 4.15. The highest BCUT2D eigenvalue weighted by molar-refractivity contribution is 7.15. The van der Waals surface area contributed by atoms with Crippen LogP contribution >= 0.6 is 11.3 Å². The highest BCUT2D eigenvalue weighted by Gasteiger charge is 2.34. The number of aromatic nitrogens is 1. The van der Waals surface area contributed by atoms with E-state index in [1.165, 1.54) is 12.1 Å². The van der Waals surface area contributed by atoms with E-state index in [1.807, 2.05) is 0 Å². The van der Waals surface area contributed by atoms with Crippen LogP contribution in [0.4, 0.5) is 17.6 Å². The monoisotopic (exact) mass is 276 g/mol. The summed E-state index contributed by atoms with van der Waals surface area (Å²) in [5.41, 5.74) is 5.98. The summed E-state index contributed by atoms with van der Waals surface area (Å²) in [6.07, 6.45) is -3.39. The molecule has 2 nitrogen and oxygen atoms in total. The predicted molar refractivity (Wildman–Crippen MR) is 60.4 cm³/mol. The minimum atomic E-state index is -4.47. The van der Waals surface area contributed by atoms with Crippen molar-refractivity contribution < 1.29 is 17.6 Å². The highest BCUT2D eigenvalue weighted by Crippen LogP contribution is 2.36. The summed E-state index contributed by atoms with van der Waals surface area (Å²) in [5.74, 6) is -0.531. The third-order valence-corrected chi connectivity index (χ3v) is 3.40. The zero-order valence-electron chi connectivity index (χ0n) is 8.96. The van der Waals surface area contributed by atoms with Crippen molar-refractivity contribution >= 4 is 11.3 Å². The lowest BCUT2D eigenvalue weighted by Crippen LogP contribution is -2.02. The summed E-state index contributed by atoms with van der Waals surface area (Å²) >= 11 is 0.481. The zero-order chi connectivity index (χ0) is 13.3. The molecule has 0 saturated heterocycles. The third-order valence-electron chi connectivity index (χ3n) is 2.31. The van der Waals surface area contributed by atoms with Crippen molar-refractivity contribution in [3.8, 4) is 10.4 Å². The van der Waals surface area contributed by atoms with Crippen LogP contribution < -0.4 is 5.73 Å². The van der Waals surface area contributed by atoms with Crippen molar-refractivity contribution in [2.75, 3.05) is 0 Å². The molecule has 0 saturated carbocycles. The van der Waals surface area contributed by atoms with Gasteiger partial charge in [-0.05, 0) is 11.6 Å². The van der Waals surface area contributed by atoms with Crippen LogP contribution in [0.3, 0.4) is 0 Å². The molecule has 0 aliphatic heterocycles. The molecule has 2 N–H and O–H groups in total. The van der Waals surface area contributed by atoms with E-state index in [0.717, 1.165) is 12.3 Å². The molecule has 7 heteroatoms. The van der Waals surface area contributed by atoms with Crippen LogP contribution in [0.2, 0.25) is 0 Å². The van der Waals surface area contributed by atoms with Gasteiger partial charge in [-0.3, -0.25) is 0 Å². The van der Waals surface area contributed by atoms with Gasteiger partial charge in [0.05, 0.1) is 4.88 Å². The highest BCUT2D eigenvalue weighted by atomic mass is 32.1. The van der Waals surface area contributed by atoms with E-state index in [1.54, 1.807) is 0 Å². The molecule has 2 rings (SSSR count). The van der Waals surface area contributed by atoms with Gasteiger partial charge in [-0.15, -0.1) is 11.3 Å². The number of benzene rings is 1. The molecule has 0 fully saturated rings. The molecule has 96 valence electrons. The second-order valence-electron chi connectivity index (χ2n) is 3.54. The van der Waals surface area contributed by atoms with Crippen LogP contribution in [0.25, 0.3) is 10.4 Å². The van der Waals surface area contributed by atoms with Crippen molar-refractivity contribution in [3.05, 3.63) is 40.8 Å². The maximum absolute atomic E-state index is 13.5. The average Bonchev–Trinajstić information content (AvgIpc) is 2.77. The zero-order valence-corrected chi connectivity index (χ0v) is 9.78. The first-order valence-electron chi connectivity index (χ1n) is 4.93. The Morgan fingerprint density at radius 3 is 2.50 bits per heavy atom. The molecule has 18 heavy (non-hydrogen) atoms. The molecule has 0 radical (unpaired) electrons. The van der Waals surface area contributed by atoms with Crippen LogP contribution in [-0.4, -0.2) is 4.98 Å². The fourth-order valence-corrected chi connectivity index (χ4v) is 2.18. The number of alkyl halides is 3. The summed E-state index contributed by atoms with van der Waals surface area (Å²) < 4.78 is 50.6. The third kappa shape index (κ3) is 2.51. The van der Waals surface area contributed by atoms with Crippen LogP contribution in [-0.2, 0) is 12.7 Å². The summed E-state index contributed by atoms with van der Waals surface area (Å²) in [4.78, 5) is 3.55. The second kappa shape index (κ2) is 4.66. The van der Waals surface area contributed by atoms with E-state index in [9.17, 15) is 17.6 Å². The Hall–Kier alpha value is -1.47. The van der Waals surface area contributed by atoms with E-state index in [4.69, 9.17) is 5.73 Å². The number of nitrogens with two attached hydrogens (primary N) is 1. The normalized spacial score (nSPS) is 11.8. The van der Waals surface area contributed by atoms with Gasteiger partial charge >= 0.3 is 6.18 Å². The Bertz CT molecular complexity index is 562. The molecule has 0 spiro atoms. The molecule has 0 aliphatic rings. The van der Waals surface area contributed by atoms with Crippen molar-refractivity contribution in [2.24, 2.45) is 5.73 Å². The number of hydrogen-bond donors (Lipinski definition) is 1. The second-order valence-corrected chi connectivity index (χ2v) is 4.57. The number of hydrogen-bond acceptors (Lipinski definition) is 3. The number of rotatable bonds is 2. The molecule has 0 aliphatic carbocycles. The smallest absolute Gasteiger partial charge is 0.326 e. The van der Waals surface area contributed by atoms with E-state index < -0.39 is 17.0 Å². The van der Waals surface area contributed by atoms with Gasteiger partial charge in [-0.1, -0.05) is 12.1 Å². The van der Waals surface area contributed by atoms with E-state index in [2.05, 4.69) is 4.98 Å². The Kier molecular flexibility index (Phi) is 3.36. The predicted octanol–water partition coefficient (Wildman–Crippen LogP) is 3.43. The molecular weight excluding hydrogens is 268 g/mol. The molecule has 0 bridgehead atoms. The van der Waals surface area contributed by atoms with Gasteiger partial charge in [0, 0.05) is 18.3 Å². The largest absolute Gasteiger partial charge is 0.443 e. The Morgan fingerprint density at radius 2 is 2.00 bits per heavy atom. The van der Waals surface area contributed by atoms with E-state index in [0.29, 0.717) is 22.5 Å². The van der Waals surface area contributed by atoms with Crippen molar-refractivity contribution in [1.29, 1.82) is 0 Å². The first kappa shape index (κ1) is 13.0. The quantitative estimate of drug-likeness (QED) is 0.853. The molecule has 1 aromatic carbocycles. The molecule has 0 atom stereocenters. The van der Waals surface area contributed by atoms with Crippen LogP contribution in [0, 0.1) is 5.82 Å². The lowest BCUT2D eigenvalue weighted by atomic mass is 10.1. The maximum atomic E-state index is 13.5. The summed E-state index contributed by atoms with van der Waals surface area (Å²) in [5, 5.41) is -0.944. The molecular formula is C11H8F4N2S. The summed E-state index contributed by atoms with van der Waals surface area (Å²) in [7, 11) is 0. The lowest BCUT2D eigenvalue weighted by Gasteiger charge is -2.02. The Labute approximate surface area is 104 Å². The maximum Gasteiger partial charge on any atom is 0.443 e. The van der Waals surface area contributed by atoms with Gasteiger partial charge < -0.3 is 5.73 Å². The molecule has 0 unspecified atom stereocenters. The fraction of sp³-hybridized carbons (Fsp3) is 0.182. The topological polar surface area (TPSA) is 38.9 Å². The first-order chi connectivity index (χ1) is 8.41. The van der Waals surface area contributed by atoms with Crippen LogP contribution in [0.5, 0.6) is 0 Å². The van der Waals surface area contributed by atoms with Crippen LogP contribution in [0.1, 0.15) is 10.6 Å². The molecule has 1 aromatic heterocycles. The molecule has 2 aromatic rings. The fourth-order valence-electron chi connectivity index (χ4n) is 1.40. The SMILES string of the molecule is NCc1ccc(-c2cnc(C(F)(F)F)s2)cc1F. The van der Waals surface area contributed by atoms with Crippen molar-refractivity contribution in [3.63, 3.8) is 0 Å². The number of thiazole rings is 1. The molecule has 1 heterocycles. The first-order valence-corrected chi connectivity index (χ1v) is 5.75. The van der Waals surface area contributed by atoms with Gasteiger partial charge in [0.1, 0.15) is 5.82 Å². The lowest BCUT2D eigenvalue weighted by molar-refractivity contribution is -0.137. The van der Waals surface area contributed by atoms with Gasteiger partial charge in [-0.2, -0.15) is 13.2 Å². The van der Waals surface area contributed by atoms with Gasteiger partial charge in [0.25, 0.3) is 0 Å². The van der Waals surface area contributed by atoms with Gasteiger partial charge in [0.2, 0.25) is 0 Å². The van der Waals surface area contributed by atoms with Gasteiger partial charge in [-0.25, -0.2) is 9.37 Å². The number of halogens is 4. The minimum Gasteiger partial charge on any atom is -0.326 e. The van der Waals surface area contributed by atoms with Crippen molar-refractivity contribution in [2.45, 2.75) is 12.7 Å². The standard InChI is InChI=1S/C11H8F4N2S/c12-8-3-6(1-2-7(8)4-16)9-5-17-10(18-9)11(13,14)15/h1-3,5H,4,16H2. The summed E-state index contributed by atoms with van der Waals surface area (Å²) in [6.45, 7) is 0.0443.